The lowest BCUT2D eigenvalue weighted by molar-refractivity contribution is 0.786. The number of aliphatic imine (C=N–C) groups is 1. The van der Waals surface area contributed by atoms with Crippen LogP contribution in [0, 0.1) is 5.92 Å². The molecule has 150 valence electrons. The molecule has 4 aliphatic carbocycles. The van der Waals surface area contributed by atoms with Gasteiger partial charge in [-0.2, -0.15) is 0 Å². The number of nitrogens with zero attached hydrogens (tertiary/aromatic N) is 2. The first kappa shape index (κ1) is 17.6. The molecule has 2 atom stereocenters. The molecule has 0 N–H and O–H groups in total. The Balaban J connectivity index is 1.34. The molecule has 0 radical (unpaired) electrons. The topological polar surface area (TPSA) is 25.2 Å². The van der Waals surface area contributed by atoms with Gasteiger partial charge >= 0.3 is 0 Å². The van der Waals surface area contributed by atoms with Crippen molar-refractivity contribution in [2.24, 2.45) is 10.9 Å². The van der Waals surface area contributed by atoms with Crippen LogP contribution in [0.1, 0.15) is 5.56 Å². The lowest BCUT2D eigenvalue weighted by atomic mass is 9.65. The maximum absolute atomic E-state index is 4.80. The third-order valence-electron chi connectivity index (χ3n) is 6.94. The van der Waals surface area contributed by atoms with E-state index < -0.39 is 0 Å². The maximum Gasteiger partial charge on any atom is 0.100 e. The van der Waals surface area contributed by atoms with Gasteiger partial charge in [0.2, 0.25) is 0 Å². The Bertz CT molecular complexity index is 1430. The monoisotopic (exact) mass is 408 g/mol. The minimum Gasteiger partial charge on any atom is -0.280 e. The average molecular weight is 409 g/mol. The Morgan fingerprint density at radius 1 is 0.750 bits per heavy atom. The number of pyridine rings is 1. The lowest BCUT2D eigenvalue weighted by Gasteiger charge is -2.39. The molecular weight excluding hydrogens is 388 g/mol. The van der Waals surface area contributed by atoms with Crippen molar-refractivity contribution in [1.29, 1.82) is 0 Å². The number of aromatic nitrogens is 1. The second kappa shape index (κ2) is 6.73. The summed E-state index contributed by atoms with van der Waals surface area (Å²) in [5.41, 5.74) is 13.0. The fourth-order valence-corrected chi connectivity index (χ4v) is 5.45. The second-order valence-corrected chi connectivity index (χ2v) is 8.65. The van der Waals surface area contributed by atoms with E-state index in [4.69, 9.17) is 4.99 Å². The summed E-state index contributed by atoms with van der Waals surface area (Å²) < 4.78 is 0. The van der Waals surface area contributed by atoms with E-state index in [9.17, 15) is 0 Å². The summed E-state index contributed by atoms with van der Waals surface area (Å²) in [7, 11) is 0. The minimum absolute atomic E-state index is 0.123. The molecule has 0 bridgehead atoms. The van der Waals surface area contributed by atoms with Crippen molar-refractivity contribution in [3.05, 3.63) is 142 Å². The van der Waals surface area contributed by atoms with Crippen molar-refractivity contribution in [2.75, 3.05) is 0 Å². The van der Waals surface area contributed by atoms with Crippen molar-refractivity contribution in [2.45, 2.75) is 6.04 Å². The van der Waals surface area contributed by atoms with Crippen molar-refractivity contribution in [1.82, 2.24) is 4.98 Å². The zero-order chi connectivity index (χ0) is 21.1. The first-order valence-electron chi connectivity index (χ1n) is 11.1. The number of allylic oxidation sites excluding steroid dienone is 12. The van der Waals surface area contributed by atoms with Crippen LogP contribution in [0.5, 0.6) is 0 Å². The van der Waals surface area contributed by atoms with Crippen LogP contribution in [-0.4, -0.2) is 17.2 Å². The Hall–Kier alpha value is -4.04. The van der Waals surface area contributed by atoms with Gasteiger partial charge in [-0.3, -0.25) is 9.98 Å². The van der Waals surface area contributed by atoms with Crippen molar-refractivity contribution in [3.63, 3.8) is 0 Å². The molecule has 2 nitrogen and oxygen atoms in total. The highest BCUT2D eigenvalue weighted by atomic mass is 14.8. The zero-order valence-electron chi connectivity index (χ0n) is 17.4. The Morgan fingerprint density at radius 3 is 2.53 bits per heavy atom. The van der Waals surface area contributed by atoms with Crippen LogP contribution in [0.4, 0.5) is 0 Å². The number of hydrogen-bond donors (Lipinski definition) is 0. The van der Waals surface area contributed by atoms with Gasteiger partial charge in [0, 0.05) is 24.5 Å². The quantitative estimate of drug-likeness (QED) is 0.567. The largest absolute Gasteiger partial charge is 0.280 e. The van der Waals surface area contributed by atoms with Crippen LogP contribution in [0.2, 0.25) is 0 Å². The molecule has 1 aromatic carbocycles. The number of fused-ring (bicyclic) bond motifs is 2. The van der Waals surface area contributed by atoms with E-state index >= 15 is 0 Å². The lowest BCUT2D eigenvalue weighted by Crippen LogP contribution is -2.29. The van der Waals surface area contributed by atoms with Gasteiger partial charge in [-0.15, -0.1) is 0 Å². The maximum atomic E-state index is 4.80. The van der Waals surface area contributed by atoms with Crippen LogP contribution in [0.3, 0.4) is 0 Å². The van der Waals surface area contributed by atoms with E-state index in [1.165, 1.54) is 50.1 Å². The van der Waals surface area contributed by atoms with Crippen molar-refractivity contribution >= 4 is 11.8 Å². The van der Waals surface area contributed by atoms with Crippen molar-refractivity contribution < 1.29 is 0 Å². The van der Waals surface area contributed by atoms with Gasteiger partial charge in [-0.25, -0.2) is 0 Å². The molecule has 0 spiro atoms. The predicted molar refractivity (Wildman–Crippen MR) is 131 cm³/mol. The predicted octanol–water partition coefficient (Wildman–Crippen LogP) is 6.37. The highest BCUT2D eigenvalue weighted by Gasteiger charge is 2.38. The third kappa shape index (κ3) is 2.53. The highest BCUT2D eigenvalue weighted by molar-refractivity contribution is 5.87. The standard InChI is InChI=1S/C30H20N2/c1-4-24(18-31-15-1)19-5-7-20(8-6-19)25-12-9-21-10-14-27-29-22(11-13-26(25)28(21)29)17-23-3-2-16-32-30(23)27/h1-18,28,30H. The number of hydrogen-bond acceptors (Lipinski definition) is 2. The molecule has 1 aliphatic heterocycles. The minimum atomic E-state index is 0.123. The summed E-state index contributed by atoms with van der Waals surface area (Å²) >= 11 is 0. The van der Waals surface area contributed by atoms with Gasteiger partial charge in [0.05, 0.1) is 0 Å². The molecule has 0 saturated heterocycles. The van der Waals surface area contributed by atoms with Crippen LogP contribution in [0.25, 0.3) is 16.7 Å². The Morgan fingerprint density at radius 2 is 1.66 bits per heavy atom. The van der Waals surface area contributed by atoms with E-state index in [1.807, 2.05) is 30.8 Å². The molecule has 0 saturated carbocycles. The average Bonchev–Trinajstić information content (AvgIpc) is 2.87. The van der Waals surface area contributed by atoms with Gasteiger partial charge in [0.15, 0.2) is 0 Å². The molecule has 2 heterocycles. The van der Waals surface area contributed by atoms with E-state index in [2.05, 4.69) is 83.9 Å². The molecule has 1 aromatic heterocycles. The van der Waals surface area contributed by atoms with Crippen molar-refractivity contribution in [3.8, 4) is 11.1 Å². The summed E-state index contributed by atoms with van der Waals surface area (Å²) in [6.07, 6.45) is 25.9. The first-order valence-corrected chi connectivity index (χ1v) is 11.1. The Kier molecular flexibility index (Phi) is 3.71. The SMILES string of the molecule is C1=CC2=CC3=C4C(=CC=C5C=CC(c6ccc(-c7cccnc7)cc6)=C(C=C3)C54)C2N=C1. The molecule has 5 aliphatic rings. The van der Waals surface area contributed by atoms with Crippen LogP contribution < -0.4 is 0 Å². The number of dihydropyridines is 1. The van der Waals surface area contributed by atoms with Crippen LogP contribution in [0.15, 0.2) is 142 Å². The summed E-state index contributed by atoms with van der Waals surface area (Å²) in [5, 5.41) is 0. The number of rotatable bonds is 2. The third-order valence-corrected chi connectivity index (χ3v) is 6.94. The van der Waals surface area contributed by atoms with Gasteiger partial charge in [-0.05, 0) is 73.9 Å². The highest BCUT2D eigenvalue weighted by Crippen LogP contribution is 2.51. The summed E-state index contributed by atoms with van der Waals surface area (Å²) in [6, 6.07) is 13.1. The summed E-state index contributed by atoms with van der Waals surface area (Å²) in [5.74, 6) is 0.284. The van der Waals surface area contributed by atoms with E-state index in [0.717, 1.165) is 5.56 Å². The van der Waals surface area contributed by atoms with Crippen LogP contribution in [-0.2, 0) is 0 Å². The molecule has 32 heavy (non-hydrogen) atoms. The van der Waals surface area contributed by atoms with E-state index in [1.54, 1.807) is 0 Å². The van der Waals surface area contributed by atoms with E-state index in [0.29, 0.717) is 0 Å². The number of benzene rings is 1. The normalized spacial score (nSPS) is 24.1. The molecule has 7 rings (SSSR count). The fourth-order valence-electron chi connectivity index (χ4n) is 5.45. The van der Waals surface area contributed by atoms with Crippen LogP contribution >= 0.6 is 0 Å². The second-order valence-electron chi connectivity index (χ2n) is 8.65. The van der Waals surface area contributed by atoms with E-state index in [-0.39, 0.29) is 12.0 Å². The molecule has 2 heteroatoms. The summed E-state index contributed by atoms with van der Waals surface area (Å²) in [6.45, 7) is 0. The molecule has 2 unspecified atom stereocenters. The fraction of sp³-hybridized carbons (Fsp3) is 0.0667. The molecular formula is C30H20N2. The van der Waals surface area contributed by atoms with Gasteiger partial charge in [0.1, 0.15) is 6.04 Å². The summed E-state index contributed by atoms with van der Waals surface area (Å²) in [4.78, 5) is 9.05. The zero-order valence-corrected chi connectivity index (χ0v) is 17.4. The molecule has 2 aromatic rings. The van der Waals surface area contributed by atoms with Gasteiger partial charge in [-0.1, -0.05) is 72.9 Å². The molecule has 0 amide bonds. The smallest absolute Gasteiger partial charge is 0.100 e. The van der Waals surface area contributed by atoms with Gasteiger partial charge < -0.3 is 0 Å². The molecule has 0 fully saturated rings. The first-order chi connectivity index (χ1) is 15.9. The van der Waals surface area contributed by atoms with Gasteiger partial charge in [0.25, 0.3) is 0 Å². The Labute approximate surface area is 187 Å².